The average molecular weight is 429 g/mol. The van der Waals surface area contributed by atoms with Gasteiger partial charge in [0.15, 0.2) is 0 Å². The van der Waals surface area contributed by atoms with Crippen molar-refractivity contribution in [1.29, 1.82) is 0 Å². The van der Waals surface area contributed by atoms with E-state index in [1.165, 1.54) is 12.1 Å². The van der Waals surface area contributed by atoms with Crippen molar-refractivity contribution in [1.82, 2.24) is 14.9 Å². The first-order chi connectivity index (χ1) is 11.5. The number of rotatable bonds is 5. The van der Waals surface area contributed by atoms with Crippen LogP contribution in [0.3, 0.4) is 0 Å². The zero-order valence-electron chi connectivity index (χ0n) is 12.1. The largest absolute Gasteiger partial charge is 0.338 e. The van der Waals surface area contributed by atoms with Gasteiger partial charge in [-0.3, -0.25) is 0 Å². The summed E-state index contributed by atoms with van der Waals surface area (Å²) in [6.07, 6.45) is 0. The van der Waals surface area contributed by atoms with Gasteiger partial charge in [0.1, 0.15) is 0 Å². The zero-order chi connectivity index (χ0) is 17.2. The Morgan fingerprint density at radius 2 is 1.83 bits per heavy atom. The fraction of sp³-hybridized carbons (Fsp3) is 0.0667. The number of nitrogens with one attached hydrogen (secondary N) is 1. The molecule has 0 unspecified atom stereocenters. The highest BCUT2D eigenvalue weighted by Gasteiger charge is 2.17. The SMILES string of the molecule is O=S(=O)(NCc1nc(-c2ccccc2Cl)no1)c1ccc(Br)cc1. The van der Waals surface area contributed by atoms with Crippen LogP contribution in [0.2, 0.25) is 5.02 Å². The molecule has 3 aromatic rings. The van der Waals surface area contributed by atoms with Gasteiger partial charge in [0.25, 0.3) is 0 Å². The van der Waals surface area contributed by atoms with Crippen LogP contribution in [-0.2, 0) is 16.6 Å². The predicted molar refractivity (Wildman–Crippen MR) is 92.9 cm³/mol. The Morgan fingerprint density at radius 3 is 2.54 bits per heavy atom. The summed E-state index contributed by atoms with van der Waals surface area (Å²) >= 11 is 9.33. The fourth-order valence-electron chi connectivity index (χ4n) is 1.93. The fourth-order valence-corrected chi connectivity index (χ4v) is 3.39. The van der Waals surface area contributed by atoms with E-state index < -0.39 is 10.0 Å². The molecule has 0 saturated heterocycles. The van der Waals surface area contributed by atoms with Crippen molar-refractivity contribution in [3.63, 3.8) is 0 Å². The van der Waals surface area contributed by atoms with Gasteiger partial charge in [-0.25, -0.2) is 13.1 Å². The van der Waals surface area contributed by atoms with Crippen molar-refractivity contribution in [2.24, 2.45) is 0 Å². The van der Waals surface area contributed by atoms with Crippen LogP contribution >= 0.6 is 27.5 Å². The first-order valence-corrected chi connectivity index (χ1v) is 9.44. The molecule has 0 bridgehead atoms. The molecule has 0 saturated carbocycles. The summed E-state index contributed by atoms with van der Waals surface area (Å²) in [5.74, 6) is 0.448. The summed E-state index contributed by atoms with van der Waals surface area (Å²) in [6.45, 7) is -0.115. The van der Waals surface area contributed by atoms with Crippen molar-refractivity contribution >= 4 is 37.6 Å². The van der Waals surface area contributed by atoms with Gasteiger partial charge in [-0.1, -0.05) is 44.8 Å². The number of hydrogen-bond donors (Lipinski definition) is 1. The van der Waals surface area contributed by atoms with E-state index in [4.69, 9.17) is 16.1 Å². The van der Waals surface area contributed by atoms with Gasteiger partial charge in [-0.05, 0) is 36.4 Å². The van der Waals surface area contributed by atoms with Crippen LogP contribution in [0.4, 0.5) is 0 Å². The van der Waals surface area contributed by atoms with Crippen molar-refractivity contribution < 1.29 is 12.9 Å². The molecular weight excluding hydrogens is 418 g/mol. The third kappa shape index (κ3) is 3.84. The molecule has 0 aliphatic heterocycles. The Hall–Kier alpha value is -1.74. The van der Waals surface area contributed by atoms with E-state index in [-0.39, 0.29) is 17.3 Å². The summed E-state index contributed by atoms with van der Waals surface area (Å²) in [4.78, 5) is 4.31. The molecule has 0 radical (unpaired) electrons. The van der Waals surface area contributed by atoms with Crippen LogP contribution in [0.15, 0.2) is 62.4 Å². The molecule has 6 nitrogen and oxygen atoms in total. The van der Waals surface area contributed by atoms with Crippen LogP contribution in [0.1, 0.15) is 5.89 Å². The standard InChI is InChI=1S/C15H11BrClN3O3S/c16-10-5-7-11(8-6-10)24(21,22)18-9-14-19-15(20-23-14)12-3-1-2-4-13(12)17/h1-8,18H,9H2. The summed E-state index contributed by atoms with van der Waals surface area (Å²) < 4.78 is 32.7. The highest BCUT2D eigenvalue weighted by atomic mass is 79.9. The van der Waals surface area contributed by atoms with E-state index in [9.17, 15) is 8.42 Å². The van der Waals surface area contributed by atoms with Gasteiger partial charge in [-0.2, -0.15) is 4.98 Å². The summed E-state index contributed by atoms with van der Waals surface area (Å²) in [6, 6.07) is 13.3. The first kappa shape index (κ1) is 17.1. The topological polar surface area (TPSA) is 85.1 Å². The van der Waals surface area contributed by atoms with Crippen LogP contribution in [-0.4, -0.2) is 18.6 Å². The maximum absolute atomic E-state index is 12.2. The van der Waals surface area contributed by atoms with Crippen LogP contribution in [0, 0.1) is 0 Å². The zero-order valence-corrected chi connectivity index (χ0v) is 15.3. The van der Waals surface area contributed by atoms with Crippen molar-refractivity contribution in [2.45, 2.75) is 11.4 Å². The molecule has 1 N–H and O–H groups in total. The number of halogens is 2. The highest BCUT2D eigenvalue weighted by molar-refractivity contribution is 9.10. The Bertz CT molecular complexity index is 958. The summed E-state index contributed by atoms with van der Waals surface area (Å²) in [5, 5.41) is 4.31. The average Bonchev–Trinajstić information content (AvgIpc) is 3.03. The minimum Gasteiger partial charge on any atom is -0.338 e. The van der Waals surface area contributed by atoms with E-state index in [2.05, 4.69) is 30.8 Å². The Labute approximate surface area is 152 Å². The lowest BCUT2D eigenvalue weighted by atomic mass is 10.2. The lowest BCUT2D eigenvalue weighted by molar-refractivity contribution is 0.376. The molecule has 9 heteroatoms. The van der Waals surface area contributed by atoms with E-state index in [0.29, 0.717) is 16.4 Å². The van der Waals surface area contributed by atoms with Gasteiger partial charge in [0.05, 0.1) is 16.5 Å². The Balaban J connectivity index is 1.74. The second kappa shape index (κ2) is 7.02. The van der Waals surface area contributed by atoms with Crippen LogP contribution < -0.4 is 4.72 Å². The van der Waals surface area contributed by atoms with Crippen molar-refractivity contribution in [2.75, 3.05) is 0 Å². The monoisotopic (exact) mass is 427 g/mol. The molecular formula is C15H11BrClN3O3S. The quantitative estimate of drug-likeness (QED) is 0.671. The lowest BCUT2D eigenvalue weighted by Gasteiger charge is -2.04. The Morgan fingerprint density at radius 1 is 1.12 bits per heavy atom. The smallest absolute Gasteiger partial charge is 0.242 e. The highest BCUT2D eigenvalue weighted by Crippen LogP contribution is 2.24. The molecule has 2 aromatic carbocycles. The molecule has 0 atom stereocenters. The molecule has 1 aromatic heterocycles. The molecule has 3 rings (SSSR count). The second-order valence-electron chi connectivity index (χ2n) is 4.77. The van der Waals surface area contributed by atoms with Crippen molar-refractivity contribution in [3.05, 3.63) is 63.9 Å². The van der Waals surface area contributed by atoms with Gasteiger partial charge in [0.2, 0.25) is 21.7 Å². The van der Waals surface area contributed by atoms with E-state index in [1.807, 2.05) is 0 Å². The number of benzene rings is 2. The van der Waals surface area contributed by atoms with Gasteiger partial charge >= 0.3 is 0 Å². The molecule has 0 amide bonds. The minimum absolute atomic E-state index is 0.115. The predicted octanol–water partition coefficient (Wildman–Crippen LogP) is 3.63. The number of aromatic nitrogens is 2. The van der Waals surface area contributed by atoms with Gasteiger partial charge in [-0.15, -0.1) is 0 Å². The second-order valence-corrected chi connectivity index (χ2v) is 7.86. The number of hydrogen-bond acceptors (Lipinski definition) is 5. The summed E-state index contributed by atoms with van der Waals surface area (Å²) in [7, 11) is -3.66. The minimum atomic E-state index is -3.66. The summed E-state index contributed by atoms with van der Waals surface area (Å²) in [5.41, 5.74) is 0.616. The number of nitrogens with zero attached hydrogens (tertiary/aromatic N) is 2. The van der Waals surface area contributed by atoms with E-state index in [1.54, 1.807) is 36.4 Å². The third-order valence-electron chi connectivity index (χ3n) is 3.12. The van der Waals surface area contributed by atoms with Crippen LogP contribution in [0.5, 0.6) is 0 Å². The van der Waals surface area contributed by atoms with E-state index >= 15 is 0 Å². The molecule has 0 aliphatic carbocycles. The number of sulfonamides is 1. The molecule has 0 spiro atoms. The maximum atomic E-state index is 12.2. The molecule has 0 aliphatic rings. The van der Waals surface area contributed by atoms with Gasteiger partial charge in [0, 0.05) is 10.0 Å². The van der Waals surface area contributed by atoms with Crippen molar-refractivity contribution in [3.8, 4) is 11.4 Å². The van der Waals surface area contributed by atoms with Gasteiger partial charge < -0.3 is 4.52 Å². The molecule has 0 fully saturated rings. The third-order valence-corrected chi connectivity index (χ3v) is 5.40. The Kier molecular flexibility index (Phi) is 5.00. The molecule has 24 heavy (non-hydrogen) atoms. The van der Waals surface area contributed by atoms with E-state index in [0.717, 1.165) is 4.47 Å². The molecule has 124 valence electrons. The van der Waals surface area contributed by atoms with Crippen LogP contribution in [0.25, 0.3) is 11.4 Å². The molecule has 1 heterocycles. The lowest BCUT2D eigenvalue weighted by Crippen LogP contribution is -2.23. The first-order valence-electron chi connectivity index (χ1n) is 6.78. The maximum Gasteiger partial charge on any atom is 0.242 e. The normalized spacial score (nSPS) is 11.6.